The number of hydrogen-bond donors (Lipinski definition) is 2. The van der Waals surface area contributed by atoms with Gasteiger partial charge in [-0.05, 0) is 36.4 Å². The molecule has 0 saturated carbocycles. The standard InChI is InChI=1S/C20H22N6O5/c1-24(10-13-5-4-6-15(7-13)22-20(27)28)11-14-8-16(19-21-12-25(2)23-19)18(31-3)17(9-14)26(29)30/h4-9,12,22H,10-11H2,1-3H3,(H,27,28). The van der Waals surface area contributed by atoms with E-state index in [2.05, 4.69) is 15.4 Å². The van der Waals surface area contributed by atoms with Crippen LogP contribution in [0.3, 0.4) is 0 Å². The third kappa shape index (κ3) is 5.34. The molecular weight excluding hydrogens is 404 g/mol. The molecular formula is C20H22N6O5. The molecule has 3 aromatic rings. The second kappa shape index (κ2) is 9.22. The van der Waals surface area contributed by atoms with Crippen LogP contribution in [0, 0.1) is 10.1 Å². The van der Waals surface area contributed by atoms with Crippen LogP contribution in [-0.2, 0) is 20.1 Å². The Bertz CT molecular complexity index is 1110. The maximum atomic E-state index is 11.6. The Kier molecular flexibility index (Phi) is 6.46. The summed E-state index contributed by atoms with van der Waals surface area (Å²) in [6.45, 7) is 0.910. The number of nitrogens with zero attached hydrogens (tertiary/aromatic N) is 5. The van der Waals surface area contributed by atoms with Crippen LogP contribution in [0.2, 0.25) is 0 Å². The second-order valence-electron chi connectivity index (χ2n) is 7.00. The highest BCUT2D eigenvalue weighted by molar-refractivity contribution is 5.82. The molecule has 2 aromatic carbocycles. The molecule has 0 unspecified atom stereocenters. The Labute approximate surface area is 178 Å². The quantitative estimate of drug-likeness (QED) is 0.414. The summed E-state index contributed by atoms with van der Waals surface area (Å²) in [7, 11) is 4.95. The predicted octanol–water partition coefficient (Wildman–Crippen LogP) is 3.12. The Hall–Kier alpha value is -3.99. The van der Waals surface area contributed by atoms with Crippen molar-refractivity contribution in [2.75, 3.05) is 19.5 Å². The lowest BCUT2D eigenvalue weighted by Crippen LogP contribution is -2.18. The Morgan fingerprint density at radius 2 is 2.03 bits per heavy atom. The number of carboxylic acid groups (broad SMARTS) is 1. The van der Waals surface area contributed by atoms with Crippen LogP contribution in [0.5, 0.6) is 5.75 Å². The number of nitro groups is 1. The van der Waals surface area contributed by atoms with Gasteiger partial charge < -0.3 is 9.84 Å². The van der Waals surface area contributed by atoms with E-state index in [-0.39, 0.29) is 11.4 Å². The first-order valence-electron chi connectivity index (χ1n) is 9.25. The Balaban J connectivity index is 1.88. The van der Waals surface area contributed by atoms with Crippen molar-refractivity contribution in [3.05, 3.63) is 64.0 Å². The molecule has 0 aliphatic rings. The third-order valence-corrected chi connectivity index (χ3v) is 4.45. The van der Waals surface area contributed by atoms with Gasteiger partial charge in [0.05, 0.1) is 17.6 Å². The van der Waals surface area contributed by atoms with Gasteiger partial charge in [0, 0.05) is 31.9 Å². The van der Waals surface area contributed by atoms with Crippen molar-refractivity contribution in [2.45, 2.75) is 13.1 Å². The largest absolute Gasteiger partial charge is 0.490 e. The number of methoxy groups -OCH3 is 1. The fraction of sp³-hybridized carbons (Fsp3) is 0.250. The summed E-state index contributed by atoms with van der Waals surface area (Å²) in [5, 5.41) is 27.1. The first-order chi connectivity index (χ1) is 14.8. The lowest BCUT2D eigenvalue weighted by Gasteiger charge is -2.18. The number of anilines is 1. The van der Waals surface area contributed by atoms with Crippen LogP contribution >= 0.6 is 0 Å². The molecule has 11 heteroatoms. The number of aryl methyl sites for hydroxylation is 1. The van der Waals surface area contributed by atoms with E-state index in [1.54, 1.807) is 31.3 Å². The first-order valence-corrected chi connectivity index (χ1v) is 9.25. The van der Waals surface area contributed by atoms with Crippen molar-refractivity contribution >= 4 is 17.5 Å². The van der Waals surface area contributed by atoms with Gasteiger partial charge in [-0.3, -0.25) is 25.0 Å². The summed E-state index contributed by atoms with van der Waals surface area (Å²) in [6.07, 6.45) is 0.379. The minimum atomic E-state index is -1.13. The molecule has 0 radical (unpaired) electrons. The van der Waals surface area contributed by atoms with Gasteiger partial charge in [-0.25, -0.2) is 9.78 Å². The van der Waals surface area contributed by atoms with Crippen LogP contribution in [0.1, 0.15) is 11.1 Å². The van der Waals surface area contributed by atoms with Gasteiger partial charge in [0.15, 0.2) is 5.82 Å². The maximum Gasteiger partial charge on any atom is 0.409 e. The van der Waals surface area contributed by atoms with Crippen molar-refractivity contribution < 1.29 is 19.6 Å². The fourth-order valence-electron chi connectivity index (χ4n) is 3.29. The Morgan fingerprint density at radius 1 is 1.29 bits per heavy atom. The zero-order valence-electron chi connectivity index (χ0n) is 17.3. The van der Waals surface area contributed by atoms with Gasteiger partial charge in [0.2, 0.25) is 5.75 Å². The number of hydrogen-bond acceptors (Lipinski definition) is 7. The monoisotopic (exact) mass is 426 g/mol. The summed E-state index contributed by atoms with van der Waals surface area (Å²) in [6, 6.07) is 10.3. The van der Waals surface area contributed by atoms with Crippen LogP contribution in [0.4, 0.5) is 16.2 Å². The average Bonchev–Trinajstić information content (AvgIpc) is 3.13. The molecule has 0 aliphatic heterocycles. The van der Waals surface area contributed by atoms with E-state index < -0.39 is 11.0 Å². The van der Waals surface area contributed by atoms with Crippen molar-refractivity contribution in [3.63, 3.8) is 0 Å². The number of nitrogens with one attached hydrogen (secondary N) is 1. The number of benzene rings is 2. The van der Waals surface area contributed by atoms with Crippen LogP contribution < -0.4 is 10.1 Å². The number of aromatic nitrogens is 3. The highest BCUT2D eigenvalue weighted by Crippen LogP contribution is 2.38. The number of carbonyl (C=O) groups is 1. The number of rotatable bonds is 8. The lowest BCUT2D eigenvalue weighted by molar-refractivity contribution is -0.385. The number of amides is 1. The first kappa shape index (κ1) is 21.7. The second-order valence-corrected chi connectivity index (χ2v) is 7.00. The molecule has 162 valence electrons. The summed E-state index contributed by atoms with van der Waals surface area (Å²) >= 11 is 0. The minimum absolute atomic E-state index is 0.107. The topological polar surface area (TPSA) is 136 Å². The summed E-state index contributed by atoms with van der Waals surface area (Å²) in [5.74, 6) is 0.439. The van der Waals surface area contributed by atoms with Gasteiger partial charge in [0.25, 0.3) is 0 Å². The molecule has 0 atom stereocenters. The van der Waals surface area contributed by atoms with Gasteiger partial charge in [-0.2, -0.15) is 5.10 Å². The van der Waals surface area contributed by atoms with Gasteiger partial charge in [-0.1, -0.05) is 12.1 Å². The van der Waals surface area contributed by atoms with Crippen LogP contribution in [-0.4, -0.2) is 49.9 Å². The van der Waals surface area contributed by atoms with Crippen molar-refractivity contribution in [2.24, 2.45) is 7.05 Å². The van der Waals surface area contributed by atoms with Crippen molar-refractivity contribution in [1.29, 1.82) is 0 Å². The van der Waals surface area contributed by atoms with Gasteiger partial charge in [0.1, 0.15) is 6.33 Å². The fourth-order valence-corrected chi connectivity index (χ4v) is 3.29. The molecule has 0 fully saturated rings. The van der Waals surface area contributed by atoms with Crippen LogP contribution in [0.15, 0.2) is 42.7 Å². The third-order valence-electron chi connectivity index (χ3n) is 4.45. The molecule has 31 heavy (non-hydrogen) atoms. The molecule has 0 saturated heterocycles. The number of ether oxygens (including phenoxy) is 1. The number of nitro benzene ring substituents is 1. The zero-order chi connectivity index (χ0) is 22.5. The smallest absolute Gasteiger partial charge is 0.409 e. The molecule has 1 aromatic heterocycles. The van der Waals surface area contributed by atoms with E-state index in [0.717, 1.165) is 5.56 Å². The summed E-state index contributed by atoms with van der Waals surface area (Å²) in [4.78, 5) is 28.1. The Morgan fingerprint density at radius 3 is 2.65 bits per heavy atom. The predicted molar refractivity (Wildman–Crippen MR) is 113 cm³/mol. The van der Waals surface area contributed by atoms with E-state index in [1.165, 1.54) is 24.2 Å². The van der Waals surface area contributed by atoms with Gasteiger partial charge >= 0.3 is 11.8 Å². The highest BCUT2D eigenvalue weighted by atomic mass is 16.6. The molecule has 1 heterocycles. The molecule has 2 N–H and O–H groups in total. The molecule has 3 rings (SSSR count). The van der Waals surface area contributed by atoms with E-state index >= 15 is 0 Å². The van der Waals surface area contributed by atoms with E-state index in [0.29, 0.717) is 35.7 Å². The zero-order valence-corrected chi connectivity index (χ0v) is 17.3. The molecule has 1 amide bonds. The summed E-state index contributed by atoms with van der Waals surface area (Å²) in [5.41, 5.74) is 2.33. The lowest BCUT2D eigenvalue weighted by atomic mass is 10.1. The highest BCUT2D eigenvalue weighted by Gasteiger charge is 2.24. The average molecular weight is 426 g/mol. The summed E-state index contributed by atoms with van der Waals surface area (Å²) < 4.78 is 6.81. The molecule has 0 aliphatic carbocycles. The SMILES string of the molecule is COc1c(-c2ncn(C)n2)cc(CN(C)Cc2cccc(NC(=O)O)c2)cc1[N+](=O)[O-]. The van der Waals surface area contributed by atoms with Crippen molar-refractivity contribution in [1.82, 2.24) is 19.7 Å². The minimum Gasteiger partial charge on any atom is -0.490 e. The van der Waals surface area contributed by atoms with Gasteiger partial charge in [-0.15, -0.1) is 0 Å². The maximum absolute atomic E-state index is 11.6. The van der Waals surface area contributed by atoms with Crippen molar-refractivity contribution in [3.8, 4) is 17.1 Å². The normalized spacial score (nSPS) is 10.8. The molecule has 0 bridgehead atoms. The van der Waals surface area contributed by atoms with Crippen LogP contribution in [0.25, 0.3) is 11.4 Å². The van der Waals surface area contributed by atoms with E-state index in [4.69, 9.17) is 9.84 Å². The van der Waals surface area contributed by atoms with E-state index in [1.807, 2.05) is 18.0 Å². The van der Waals surface area contributed by atoms with E-state index in [9.17, 15) is 14.9 Å². The molecule has 0 spiro atoms. The molecule has 11 nitrogen and oxygen atoms in total.